The number of nitriles is 1. The molecule has 1 fully saturated rings. The molecule has 0 spiro atoms. The number of nitrogens with zero attached hydrogens (tertiary/aromatic N) is 2. The van der Waals surface area contributed by atoms with E-state index in [2.05, 4.69) is 27.3 Å². The number of benzene rings is 1. The molecule has 1 aromatic carbocycles. The fourth-order valence-electron chi connectivity index (χ4n) is 2.49. The topological polar surface area (TPSA) is 39.1 Å². The standard InChI is InChI=1S/C14H15BrF3N3/c15-12-1-2-13(11(5-12)6-19)20-7-10-3-4-21(8-10)9-14(16,17)18/h1-2,5,10,20H,3-4,7-9H2. The van der Waals surface area contributed by atoms with Crippen LogP contribution in [-0.2, 0) is 0 Å². The number of alkyl halides is 3. The van der Waals surface area contributed by atoms with Crippen LogP contribution in [0.25, 0.3) is 0 Å². The molecule has 1 saturated heterocycles. The van der Waals surface area contributed by atoms with Crippen LogP contribution in [0.4, 0.5) is 18.9 Å². The Kier molecular flexibility index (Phi) is 5.12. The van der Waals surface area contributed by atoms with Crippen molar-refractivity contribution < 1.29 is 13.2 Å². The molecule has 0 saturated carbocycles. The monoisotopic (exact) mass is 361 g/mol. The van der Waals surface area contributed by atoms with E-state index < -0.39 is 12.7 Å². The highest BCUT2D eigenvalue weighted by Gasteiger charge is 2.34. The lowest BCUT2D eigenvalue weighted by atomic mass is 10.1. The quantitative estimate of drug-likeness (QED) is 0.890. The predicted molar refractivity (Wildman–Crippen MR) is 77.9 cm³/mol. The zero-order chi connectivity index (χ0) is 15.5. The van der Waals surface area contributed by atoms with Crippen molar-refractivity contribution in [1.29, 1.82) is 5.26 Å². The number of anilines is 1. The van der Waals surface area contributed by atoms with Crippen molar-refractivity contribution in [2.24, 2.45) is 5.92 Å². The lowest BCUT2D eigenvalue weighted by Crippen LogP contribution is -2.33. The van der Waals surface area contributed by atoms with Gasteiger partial charge in [0.05, 0.1) is 17.8 Å². The van der Waals surface area contributed by atoms with Crippen LogP contribution < -0.4 is 5.32 Å². The van der Waals surface area contributed by atoms with Crippen LogP contribution >= 0.6 is 15.9 Å². The first-order chi connectivity index (χ1) is 9.87. The lowest BCUT2D eigenvalue weighted by Gasteiger charge is -2.18. The highest BCUT2D eigenvalue weighted by atomic mass is 79.9. The summed E-state index contributed by atoms with van der Waals surface area (Å²) in [7, 11) is 0. The third-order valence-corrected chi connectivity index (χ3v) is 3.95. The van der Waals surface area contributed by atoms with E-state index in [1.165, 1.54) is 4.90 Å². The number of hydrogen-bond acceptors (Lipinski definition) is 3. The number of likely N-dealkylation sites (tertiary alicyclic amines) is 1. The molecular weight excluding hydrogens is 347 g/mol. The highest BCUT2D eigenvalue weighted by molar-refractivity contribution is 9.10. The minimum atomic E-state index is -4.14. The fraction of sp³-hybridized carbons (Fsp3) is 0.500. The van der Waals surface area contributed by atoms with E-state index in [0.717, 1.165) is 16.6 Å². The van der Waals surface area contributed by atoms with Crippen molar-refractivity contribution in [2.75, 3.05) is 31.5 Å². The normalized spacial score (nSPS) is 19.5. The molecule has 1 aliphatic rings. The summed E-state index contributed by atoms with van der Waals surface area (Å²) in [6.45, 7) is 0.637. The van der Waals surface area contributed by atoms with E-state index in [-0.39, 0.29) is 5.92 Å². The van der Waals surface area contributed by atoms with Crippen molar-refractivity contribution in [3.8, 4) is 6.07 Å². The van der Waals surface area contributed by atoms with Gasteiger partial charge in [-0.2, -0.15) is 18.4 Å². The lowest BCUT2D eigenvalue weighted by molar-refractivity contribution is -0.143. The Morgan fingerprint density at radius 3 is 2.86 bits per heavy atom. The van der Waals surface area contributed by atoms with E-state index in [1.54, 1.807) is 12.1 Å². The molecule has 1 aliphatic heterocycles. The summed E-state index contributed by atoms with van der Waals surface area (Å²) < 4.78 is 37.8. The molecule has 21 heavy (non-hydrogen) atoms. The average molecular weight is 362 g/mol. The van der Waals surface area contributed by atoms with Gasteiger partial charge in [0.2, 0.25) is 0 Å². The molecule has 0 radical (unpaired) electrons. The van der Waals surface area contributed by atoms with Gasteiger partial charge in [0.1, 0.15) is 6.07 Å². The van der Waals surface area contributed by atoms with Crippen molar-refractivity contribution in [2.45, 2.75) is 12.6 Å². The Bertz CT molecular complexity index is 539. The van der Waals surface area contributed by atoms with Crippen LogP contribution in [-0.4, -0.2) is 37.3 Å². The van der Waals surface area contributed by atoms with Gasteiger partial charge in [-0.3, -0.25) is 4.90 Å². The second-order valence-corrected chi connectivity index (χ2v) is 6.10. The molecule has 0 aliphatic carbocycles. The molecule has 0 amide bonds. The number of hydrogen-bond donors (Lipinski definition) is 1. The zero-order valence-corrected chi connectivity index (χ0v) is 12.8. The molecule has 0 aromatic heterocycles. The molecule has 1 N–H and O–H groups in total. The van der Waals surface area contributed by atoms with Crippen LogP contribution in [0.2, 0.25) is 0 Å². The maximum absolute atomic E-state index is 12.3. The first kappa shape index (κ1) is 16.1. The summed E-state index contributed by atoms with van der Waals surface area (Å²) in [4.78, 5) is 1.43. The van der Waals surface area contributed by atoms with Crippen LogP contribution in [0.5, 0.6) is 0 Å². The molecule has 1 unspecified atom stereocenters. The van der Waals surface area contributed by atoms with Crippen molar-refractivity contribution >= 4 is 21.6 Å². The first-order valence-electron chi connectivity index (χ1n) is 6.60. The van der Waals surface area contributed by atoms with E-state index in [1.807, 2.05) is 6.07 Å². The number of nitrogens with one attached hydrogen (secondary N) is 1. The van der Waals surface area contributed by atoms with Gasteiger partial charge in [-0.05, 0) is 37.1 Å². The summed E-state index contributed by atoms with van der Waals surface area (Å²) in [5.41, 5.74) is 1.24. The molecule has 1 aromatic rings. The molecule has 7 heteroatoms. The Hall–Kier alpha value is -1.26. The summed E-state index contributed by atoms with van der Waals surface area (Å²) in [5.74, 6) is 0.169. The van der Waals surface area contributed by atoms with Gasteiger partial charge < -0.3 is 5.32 Å². The molecule has 2 rings (SSSR count). The van der Waals surface area contributed by atoms with Gasteiger partial charge in [0, 0.05) is 17.6 Å². The Morgan fingerprint density at radius 1 is 1.43 bits per heavy atom. The highest BCUT2D eigenvalue weighted by Crippen LogP contribution is 2.24. The largest absolute Gasteiger partial charge is 0.401 e. The fourth-order valence-corrected chi connectivity index (χ4v) is 2.86. The van der Waals surface area contributed by atoms with E-state index in [9.17, 15) is 13.2 Å². The molecule has 0 bridgehead atoms. The van der Waals surface area contributed by atoms with Crippen LogP contribution in [0.15, 0.2) is 22.7 Å². The molecule has 3 nitrogen and oxygen atoms in total. The summed E-state index contributed by atoms with van der Waals surface area (Å²) in [6, 6.07) is 7.44. The van der Waals surface area contributed by atoms with Gasteiger partial charge in [-0.25, -0.2) is 0 Å². The van der Waals surface area contributed by atoms with Gasteiger partial charge in [0.15, 0.2) is 0 Å². The summed E-state index contributed by atoms with van der Waals surface area (Å²) in [6.07, 6.45) is -3.40. The van der Waals surface area contributed by atoms with E-state index in [0.29, 0.717) is 25.2 Å². The minimum Gasteiger partial charge on any atom is -0.384 e. The van der Waals surface area contributed by atoms with Gasteiger partial charge in [0.25, 0.3) is 0 Å². The van der Waals surface area contributed by atoms with Crippen molar-refractivity contribution in [3.05, 3.63) is 28.2 Å². The second kappa shape index (κ2) is 6.67. The summed E-state index contributed by atoms with van der Waals surface area (Å²) >= 11 is 3.30. The molecule has 1 heterocycles. The SMILES string of the molecule is N#Cc1cc(Br)ccc1NCC1CCN(CC(F)(F)F)C1. The van der Waals surface area contributed by atoms with Crippen molar-refractivity contribution in [3.63, 3.8) is 0 Å². The van der Waals surface area contributed by atoms with Gasteiger partial charge in [-0.15, -0.1) is 0 Å². The molecule has 1 atom stereocenters. The summed E-state index contributed by atoms with van der Waals surface area (Å²) in [5, 5.41) is 12.2. The van der Waals surface area contributed by atoms with Crippen molar-refractivity contribution in [1.82, 2.24) is 4.90 Å². The number of rotatable bonds is 4. The smallest absolute Gasteiger partial charge is 0.384 e. The second-order valence-electron chi connectivity index (χ2n) is 5.19. The van der Waals surface area contributed by atoms with E-state index >= 15 is 0 Å². The minimum absolute atomic E-state index is 0.169. The maximum atomic E-state index is 12.3. The average Bonchev–Trinajstić information content (AvgIpc) is 2.82. The van der Waals surface area contributed by atoms with Crippen LogP contribution in [0.3, 0.4) is 0 Å². The van der Waals surface area contributed by atoms with Gasteiger partial charge >= 0.3 is 6.18 Å². The first-order valence-corrected chi connectivity index (χ1v) is 7.39. The number of halogens is 4. The third kappa shape index (κ3) is 4.90. The molecular formula is C14H15BrF3N3. The zero-order valence-electron chi connectivity index (χ0n) is 11.3. The Morgan fingerprint density at radius 2 is 2.19 bits per heavy atom. The Labute approximate surface area is 129 Å². The Balaban J connectivity index is 1.86. The molecule has 114 valence electrons. The van der Waals surface area contributed by atoms with Crippen LogP contribution in [0.1, 0.15) is 12.0 Å². The maximum Gasteiger partial charge on any atom is 0.401 e. The predicted octanol–water partition coefficient (Wildman–Crippen LogP) is 3.62. The van der Waals surface area contributed by atoms with Gasteiger partial charge in [-0.1, -0.05) is 15.9 Å². The van der Waals surface area contributed by atoms with Crippen LogP contribution in [0, 0.1) is 17.2 Å². The third-order valence-electron chi connectivity index (χ3n) is 3.46. The van der Waals surface area contributed by atoms with E-state index in [4.69, 9.17) is 5.26 Å².